The summed E-state index contributed by atoms with van der Waals surface area (Å²) in [7, 11) is 1.70. The van der Waals surface area contributed by atoms with Gasteiger partial charge in [-0.15, -0.1) is 0 Å². The Morgan fingerprint density at radius 1 is 1.41 bits per heavy atom. The first-order valence-electron chi connectivity index (χ1n) is 8.29. The first-order chi connectivity index (χ1) is 10.5. The Kier molecular flexibility index (Phi) is 8.43. The maximum Gasteiger partial charge on any atom is 0.210 e. The van der Waals surface area contributed by atoms with Crippen LogP contribution in [0.15, 0.2) is 23.8 Å². The van der Waals surface area contributed by atoms with Gasteiger partial charge in [0.2, 0.25) is 6.41 Å². The fourth-order valence-electron chi connectivity index (χ4n) is 2.68. The lowest BCUT2D eigenvalue weighted by Gasteiger charge is -2.35. The van der Waals surface area contributed by atoms with Crippen LogP contribution in [0.2, 0.25) is 0 Å². The molecule has 0 radical (unpaired) electrons. The summed E-state index contributed by atoms with van der Waals surface area (Å²) in [5, 5.41) is 3.40. The molecule has 1 fully saturated rings. The van der Waals surface area contributed by atoms with Gasteiger partial charge in [0, 0.05) is 20.2 Å². The van der Waals surface area contributed by atoms with E-state index in [0.717, 1.165) is 38.0 Å². The van der Waals surface area contributed by atoms with E-state index in [0.29, 0.717) is 12.0 Å². The van der Waals surface area contributed by atoms with E-state index in [2.05, 4.69) is 24.4 Å². The lowest BCUT2D eigenvalue weighted by molar-refractivity contribution is -0.118. The minimum Gasteiger partial charge on any atom is -0.378 e. The third kappa shape index (κ3) is 6.75. The molecular formula is C18H32N2O2. The highest BCUT2D eigenvalue weighted by molar-refractivity contribution is 5.48. The summed E-state index contributed by atoms with van der Waals surface area (Å²) < 4.78 is 5.21. The van der Waals surface area contributed by atoms with Crippen LogP contribution in [-0.2, 0) is 9.53 Å². The van der Waals surface area contributed by atoms with Crippen molar-refractivity contribution in [3.8, 4) is 0 Å². The van der Waals surface area contributed by atoms with Crippen LogP contribution in [0.1, 0.15) is 40.0 Å². The van der Waals surface area contributed by atoms with Crippen molar-refractivity contribution >= 4 is 6.41 Å². The molecule has 0 bridgehead atoms. The van der Waals surface area contributed by atoms with E-state index in [1.54, 1.807) is 7.11 Å². The van der Waals surface area contributed by atoms with E-state index >= 15 is 0 Å². The lowest BCUT2D eigenvalue weighted by atomic mass is 9.78. The fourth-order valence-corrected chi connectivity index (χ4v) is 2.68. The van der Waals surface area contributed by atoms with Crippen LogP contribution in [0.5, 0.6) is 0 Å². The Hall–Kier alpha value is -1.13. The molecule has 0 aromatic heterocycles. The molecule has 0 aromatic rings. The van der Waals surface area contributed by atoms with Crippen molar-refractivity contribution in [3.63, 3.8) is 0 Å². The molecule has 1 rings (SSSR count). The maximum atomic E-state index is 11.4. The zero-order valence-corrected chi connectivity index (χ0v) is 14.6. The number of hydrogen-bond donors (Lipinski definition) is 1. The second-order valence-electron chi connectivity index (χ2n) is 6.55. The van der Waals surface area contributed by atoms with E-state index in [-0.39, 0.29) is 6.10 Å². The Bertz CT molecular complexity index is 385. The Morgan fingerprint density at radius 3 is 2.64 bits per heavy atom. The molecule has 126 valence electrons. The SMILES string of the molecule is C/C=C(\C=C/C(C)OC)CN(C=O)CCC1(C)CCNCC1. The van der Waals surface area contributed by atoms with Gasteiger partial charge < -0.3 is 15.0 Å². The molecule has 1 aliphatic heterocycles. The van der Waals surface area contributed by atoms with Crippen LogP contribution in [0, 0.1) is 5.41 Å². The molecule has 1 heterocycles. The predicted octanol–water partition coefficient (Wildman–Crippen LogP) is 2.76. The zero-order valence-electron chi connectivity index (χ0n) is 14.6. The predicted molar refractivity (Wildman–Crippen MR) is 91.8 cm³/mol. The fraction of sp³-hybridized carbons (Fsp3) is 0.722. The number of carbonyl (C=O) groups is 1. The summed E-state index contributed by atoms with van der Waals surface area (Å²) in [6.45, 7) is 10.0. The number of piperidine rings is 1. The monoisotopic (exact) mass is 308 g/mol. The normalized spacial score (nSPS) is 20.1. The maximum absolute atomic E-state index is 11.4. The molecule has 4 nitrogen and oxygen atoms in total. The summed E-state index contributed by atoms with van der Waals surface area (Å²) in [5.74, 6) is 0. The summed E-state index contributed by atoms with van der Waals surface area (Å²) >= 11 is 0. The molecule has 1 amide bonds. The highest BCUT2D eigenvalue weighted by Crippen LogP contribution is 2.31. The van der Waals surface area contributed by atoms with Crippen molar-refractivity contribution < 1.29 is 9.53 Å². The molecule has 0 spiro atoms. The van der Waals surface area contributed by atoms with Crippen LogP contribution in [0.4, 0.5) is 0 Å². The molecule has 1 saturated heterocycles. The van der Waals surface area contributed by atoms with Crippen molar-refractivity contribution in [2.45, 2.75) is 46.1 Å². The number of ether oxygens (including phenoxy) is 1. The number of allylic oxidation sites excluding steroid dienone is 1. The van der Waals surface area contributed by atoms with Crippen molar-refractivity contribution in [1.82, 2.24) is 10.2 Å². The minimum atomic E-state index is 0.0910. The van der Waals surface area contributed by atoms with Gasteiger partial charge in [0.25, 0.3) is 0 Å². The molecule has 1 aliphatic rings. The topological polar surface area (TPSA) is 41.6 Å². The molecule has 22 heavy (non-hydrogen) atoms. The van der Waals surface area contributed by atoms with E-state index in [1.165, 1.54) is 12.8 Å². The standard InChI is InChI=1S/C18H32N2O2/c1-5-17(7-6-16(2)22-4)14-20(15-21)13-10-18(3)8-11-19-12-9-18/h5-7,15-16,19H,8-14H2,1-4H3/b7-6-,17-5+. The summed E-state index contributed by atoms with van der Waals surface area (Å²) in [6.07, 6.45) is 10.7. The molecule has 1 atom stereocenters. The number of nitrogens with one attached hydrogen (secondary N) is 1. The van der Waals surface area contributed by atoms with Crippen LogP contribution >= 0.6 is 0 Å². The van der Waals surface area contributed by atoms with Gasteiger partial charge in [0.1, 0.15) is 0 Å². The zero-order chi connectivity index (χ0) is 16.4. The van der Waals surface area contributed by atoms with Gasteiger partial charge in [-0.1, -0.05) is 25.2 Å². The average Bonchev–Trinajstić information content (AvgIpc) is 2.54. The summed E-state index contributed by atoms with van der Waals surface area (Å²) in [6, 6.07) is 0. The van der Waals surface area contributed by atoms with Crippen LogP contribution in [-0.4, -0.2) is 50.7 Å². The summed E-state index contributed by atoms with van der Waals surface area (Å²) in [5.41, 5.74) is 1.51. The molecule has 0 aromatic carbocycles. The van der Waals surface area contributed by atoms with Gasteiger partial charge in [0.15, 0.2) is 0 Å². The smallest absolute Gasteiger partial charge is 0.210 e. The van der Waals surface area contributed by atoms with E-state index in [4.69, 9.17) is 4.74 Å². The van der Waals surface area contributed by atoms with Crippen LogP contribution in [0.3, 0.4) is 0 Å². The average molecular weight is 308 g/mol. The first-order valence-corrected chi connectivity index (χ1v) is 8.29. The third-order valence-corrected chi connectivity index (χ3v) is 4.67. The van der Waals surface area contributed by atoms with Crippen LogP contribution in [0.25, 0.3) is 0 Å². The summed E-state index contributed by atoms with van der Waals surface area (Å²) in [4.78, 5) is 13.2. The second-order valence-corrected chi connectivity index (χ2v) is 6.55. The number of carbonyl (C=O) groups excluding carboxylic acids is 1. The van der Waals surface area contributed by atoms with Crippen molar-refractivity contribution in [1.29, 1.82) is 0 Å². The Labute approximate surface area is 135 Å². The Morgan fingerprint density at radius 2 is 2.09 bits per heavy atom. The lowest BCUT2D eigenvalue weighted by Crippen LogP contribution is -2.37. The number of hydrogen-bond acceptors (Lipinski definition) is 3. The number of methoxy groups -OCH3 is 1. The highest BCUT2D eigenvalue weighted by Gasteiger charge is 2.26. The van der Waals surface area contributed by atoms with Gasteiger partial charge in [-0.3, -0.25) is 4.79 Å². The molecule has 0 saturated carbocycles. The minimum absolute atomic E-state index is 0.0910. The quantitative estimate of drug-likeness (QED) is 0.526. The van der Waals surface area contributed by atoms with E-state index in [9.17, 15) is 4.79 Å². The third-order valence-electron chi connectivity index (χ3n) is 4.67. The first kappa shape index (κ1) is 18.9. The van der Waals surface area contributed by atoms with E-state index < -0.39 is 0 Å². The molecule has 0 aliphatic carbocycles. The van der Waals surface area contributed by atoms with Gasteiger partial charge in [-0.2, -0.15) is 0 Å². The highest BCUT2D eigenvalue weighted by atomic mass is 16.5. The number of nitrogens with zero attached hydrogens (tertiary/aromatic N) is 1. The Balaban J connectivity index is 2.49. The largest absolute Gasteiger partial charge is 0.378 e. The van der Waals surface area contributed by atoms with Gasteiger partial charge in [-0.25, -0.2) is 0 Å². The molecule has 1 N–H and O–H groups in total. The van der Waals surface area contributed by atoms with Gasteiger partial charge in [-0.05, 0) is 57.2 Å². The molecular weight excluding hydrogens is 276 g/mol. The number of amides is 1. The molecule has 1 unspecified atom stereocenters. The second kappa shape index (κ2) is 9.80. The van der Waals surface area contributed by atoms with E-state index in [1.807, 2.05) is 24.8 Å². The van der Waals surface area contributed by atoms with Gasteiger partial charge >= 0.3 is 0 Å². The van der Waals surface area contributed by atoms with Crippen LogP contribution < -0.4 is 5.32 Å². The van der Waals surface area contributed by atoms with Gasteiger partial charge in [0.05, 0.1) is 6.10 Å². The number of rotatable bonds is 9. The van der Waals surface area contributed by atoms with Crippen molar-refractivity contribution in [2.75, 3.05) is 33.3 Å². The van der Waals surface area contributed by atoms with Crippen molar-refractivity contribution in [3.05, 3.63) is 23.8 Å². The molecule has 4 heteroatoms. The van der Waals surface area contributed by atoms with Crippen molar-refractivity contribution in [2.24, 2.45) is 5.41 Å².